The molecule has 0 atom stereocenters. The highest BCUT2D eigenvalue weighted by molar-refractivity contribution is 14.0. The summed E-state index contributed by atoms with van der Waals surface area (Å²) < 4.78 is 23.9. The summed E-state index contributed by atoms with van der Waals surface area (Å²) in [5.41, 5.74) is 1.64. The standard InChI is InChI=1S/C23H31FN4O3.HI/c1-5-25-23(28(2)16-18-9-10-20(30-3)15-21(18)31-4)27-12-11-26-22(29)14-17-7-6-8-19(24)13-17;/h6-10,13,15H,5,11-12,14,16H2,1-4H3,(H,25,27)(H,26,29);1H. The van der Waals surface area contributed by atoms with Crippen LogP contribution in [0.25, 0.3) is 0 Å². The second kappa shape index (κ2) is 14.5. The number of guanidine groups is 1. The Bertz CT molecular complexity index is 895. The van der Waals surface area contributed by atoms with E-state index in [1.807, 2.05) is 37.1 Å². The van der Waals surface area contributed by atoms with Gasteiger partial charge in [-0.05, 0) is 36.8 Å². The van der Waals surface area contributed by atoms with Crippen LogP contribution < -0.4 is 20.1 Å². The Morgan fingerprint density at radius 2 is 1.91 bits per heavy atom. The summed E-state index contributed by atoms with van der Waals surface area (Å²) in [5, 5.41) is 6.07. The number of hydrogen-bond donors (Lipinski definition) is 2. The molecule has 1 amide bonds. The number of rotatable bonds is 10. The first-order valence-electron chi connectivity index (χ1n) is 10.2. The zero-order valence-electron chi connectivity index (χ0n) is 19.0. The van der Waals surface area contributed by atoms with Crippen LogP contribution in [0, 0.1) is 5.82 Å². The Kier molecular flexibility index (Phi) is 12.4. The summed E-state index contributed by atoms with van der Waals surface area (Å²) >= 11 is 0. The van der Waals surface area contributed by atoms with Crippen molar-refractivity contribution in [1.82, 2.24) is 15.5 Å². The number of ether oxygens (including phenoxy) is 2. The van der Waals surface area contributed by atoms with E-state index in [-0.39, 0.29) is 42.1 Å². The first kappa shape index (κ1) is 27.5. The van der Waals surface area contributed by atoms with E-state index in [1.54, 1.807) is 26.4 Å². The predicted octanol–water partition coefficient (Wildman–Crippen LogP) is 3.22. The molecule has 0 aromatic heterocycles. The first-order valence-corrected chi connectivity index (χ1v) is 10.2. The van der Waals surface area contributed by atoms with Crippen molar-refractivity contribution in [2.24, 2.45) is 4.99 Å². The lowest BCUT2D eigenvalue weighted by molar-refractivity contribution is -0.120. The van der Waals surface area contributed by atoms with Crippen LogP contribution in [-0.4, -0.2) is 57.7 Å². The molecule has 0 saturated heterocycles. The second-order valence-electron chi connectivity index (χ2n) is 6.93. The topological polar surface area (TPSA) is 75.2 Å². The molecule has 7 nitrogen and oxygen atoms in total. The zero-order valence-corrected chi connectivity index (χ0v) is 21.3. The fourth-order valence-corrected chi connectivity index (χ4v) is 3.03. The van der Waals surface area contributed by atoms with Gasteiger partial charge < -0.3 is 25.0 Å². The minimum atomic E-state index is -0.346. The third kappa shape index (κ3) is 8.89. The van der Waals surface area contributed by atoms with Gasteiger partial charge in [0.1, 0.15) is 17.3 Å². The third-order valence-electron chi connectivity index (χ3n) is 4.55. The molecule has 2 aromatic rings. The molecule has 0 spiro atoms. The van der Waals surface area contributed by atoms with Gasteiger partial charge in [0.25, 0.3) is 0 Å². The molecular formula is C23H32FIN4O3. The van der Waals surface area contributed by atoms with E-state index in [4.69, 9.17) is 9.47 Å². The maximum Gasteiger partial charge on any atom is 0.224 e. The van der Waals surface area contributed by atoms with E-state index in [2.05, 4.69) is 15.6 Å². The molecule has 0 aliphatic heterocycles. The summed E-state index contributed by atoms with van der Waals surface area (Å²) in [7, 11) is 5.19. The summed E-state index contributed by atoms with van der Waals surface area (Å²) in [6.45, 7) is 4.11. The Hall–Kier alpha value is -2.56. The van der Waals surface area contributed by atoms with Crippen molar-refractivity contribution in [3.05, 3.63) is 59.4 Å². The number of benzene rings is 2. The summed E-state index contributed by atoms with van der Waals surface area (Å²) in [6.07, 6.45) is 0.138. The molecule has 2 N–H and O–H groups in total. The minimum absolute atomic E-state index is 0. The smallest absolute Gasteiger partial charge is 0.224 e. The van der Waals surface area contributed by atoms with Crippen LogP contribution in [0.1, 0.15) is 18.1 Å². The first-order chi connectivity index (χ1) is 15.0. The van der Waals surface area contributed by atoms with Crippen LogP contribution in [-0.2, 0) is 17.8 Å². The molecule has 0 radical (unpaired) electrons. The zero-order chi connectivity index (χ0) is 22.6. The van der Waals surface area contributed by atoms with Gasteiger partial charge in [0.15, 0.2) is 5.96 Å². The lowest BCUT2D eigenvalue weighted by atomic mass is 10.1. The lowest BCUT2D eigenvalue weighted by Crippen LogP contribution is -2.39. The number of amides is 1. The number of aliphatic imine (C=N–C) groups is 1. The highest BCUT2D eigenvalue weighted by Gasteiger charge is 2.11. The molecule has 0 aliphatic carbocycles. The Balaban J connectivity index is 0.00000512. The molecule has 0 bridgehead atoms. The van der Waals surface area contributed by atoms with Crippen molar-refractivity contribution in [3.8, 4) is 11.5 Å². The van der Waals surface area contributed by atoms with E-state index in [9.17, 15) is 9.18 Å². The molecule has 176 valence electrons. The van der Waals surface area contributed by atoms with Gasteiger partial charge in [-0.2, -0.15) is 0 Å². The molecule has 0 aliphatic rings. The number of nitrogens with zero attached hydrogens (tertiary/aromatic N) is 2. The fraction of sp³-hybridized carbons (Fsp3) is 0.391. The minimum Gasteiger partial charge on any atom is -0.497 e. The van der Waals surface area contributed by atoms with Crippen LogP contribution in [0.5, 0.6) is 11.5 Å². The second-order valence-corrected chi connectivity index (χ2v) is 6.93. The molecule has 9 heteroatoms. The van der Waals surface area contributed by atoms with Gasteiger partial charge in [0.2, 0.25) is 5.91 Å². The molecule has 0 unspecified atom stereocenters. The van der Waals surface area contributed by atoms with Crippen LogP contribution in [0.2, 0.25) is 0 Å². The van der Waals surface area contributed by atoms with Crippen LogP contribution in [0.3, 0.4) is 0 Å². The number of hydrogen-bond acceptors (Lipinski definition) is 4. The molecule has 0 fully saturated rings. The number of carbonyl (C=O) groups is 1. The predicted molar refractivity (Wildman–Crippen MR) is 136 cm³/mol. The highest BCUT2D eigenvalue weighted by Crippen LogP contribution is 2.25. The summed E-state index contributed by atoms with van der Waals surface area (Å²) in [6, 6.07) is 11.8. The Morgan fingerprint density at radius 1 is 1.12 bits per heavy atom. The molecule has 2 aromatic carbocycles. The van der Waals surface area contributed by atoms with Crippen molar-refractivity contribution < 1.29 is 18.7 Å². The van der Waals surface area contributed by atoms with E-state index < -0.39 is 0 Å². The normalized spacial score (nSPS) is 10.7. The highest BCUT2D eigenvalue weighted by atomic mass is 127. The number of halogens is 2. The molecular weight excluding hydrogens is 526 g/mol. The average Bonchev–Trinajstić information content (AvgIpc) is 2.76. The quantitative estimate of drug-likeness (QED) is 0.203. The summed E-state index contributed by atoms with van der Waals surface area (Å²) in [5.74, 6) is 1.69. The molecule has 0 saturated carbocycles. The van der Waals surface area contributed by atoms with Crippen molar-refractivity contribution >= 4 is 35.8 Å². The maximum atomic E-state index is 13.2. The van der Waals surface area contributed by atoms with Gasteiger partial charge in [-0.1, -0.05) is 12.1 Å². The van der Waals surface area contributed by atoms with Gasteiger partial charge in [-0.25, -0.2) is 4.39 Å². The van der Waals surface area contributed by atoms with Gasteiger partial charge in [0, 0.05) is 38.3 Å². The molecule has 0 heterocycles. The van der Waals surface area contributed by atoms with E-state index in [0.717, 1.165) is 29.6 Å². The van der Waals surface area contributed by atoms with Crippen molar-refractivity contribution in [3.63, 3.8) is 0 Å². The van der Waals surface area contributed by atoms with E-state index in [1.165, 1.54) is 12.1 Å². The number of carbonyl (C=O) groups excluding carboxylic acids is 1. The van der Waals surface area contributed by atoms with Gasteiger partial charge in [0.05, 0.1) is 27.2 Å². The number of nitrogens with one attached hydrogen (secondary N) is 2. The van der Waals surface area contributed by atoms with E-state index in [0.29, 0.717) is 25.2 Å². The number of methoxy groups -OCH3 is 2. The summed E-state index contributed by atoms with van der Waals surface area (Å²) in [4.78, 5) is 18.6. The fourth-order valence-electron chi connectivity index (χ4n) is 3.03. The SMILES string of the molecule is CCNC(=NCCNC(=O)Cc1cccc(F)c1)N(C)Cc1ccc(OC)cc1OC.I. The maximum absolute atomic E-state index is 13.2. The molecule has 2 rings (SSSR count). The van der Waals surface area contributed by atoms with Crippen molar-refractivity contribution in [2.75, 3.05) is 40.9 Å². The van der Waals surface area contributed by atoms with Crippen LogP contribution in [0.15, 0.2) is 47.5 Å². The Labute approximate surface area is 206 Å². The van der Waals surface area contributed by atoms with E-state index >= 15 is 0 Å². The van der Waals surface area contributed by atoms with Crippen molar-refractivity contribution in [1.29, 1.82) is 0 Å². The third-order valence-corrected chi connectivity index (χ3v) is 4.55. The van der Waals surface area contributed by atoms with Gasteiger partial charge in [-0.3, -0.25) is 9.79 Å². The lowest BCUT2D eigenvalue weighted by Gasteiger charge is -2.23. The van der Waals surface area contributed by atoms with Crippen molar-refractivity contribution in [2.45, 2.75) is 19.9 Å². The van der Waals surface area contributed by atoms with Gasteiger partial charge in [-0.15, -0.1) is 24.0 Å². The molecule has 32 heavy (non-hydrogen) atoms. The largest absolute Gasteiger partial charge is 0.497 e. The van der Waals surface area contributed by atoms with Crippen LogP contribution >= 0.6 is 24.0 Å². The van der Waals surface area contributed by atoms with Crippen LogP contribution in [0.4, 0.5) is 4.39 Å². The van der Waals surface area contributed by atoms with Gasteiger partial charge >= 0.3 is 0 Å². The Morgan fingerprint density at radius 3 is 2.56 bits per heavy atom. The monoisotopic (exact) mass is 558 g/mol. The average molecular weight is 558 g/mol.